The van der Waals surface area contributed by atoms with Gasteiger partial charge in [-0.05, 0) is 29.3 Å². The molecule has 154 valence electrons. The van der Waals surface area contributed by atoms with Crippen molar-refractivity contribution in [2.24, 2.45) is 5.73 Å². The Kier molecular flexibility index (Phi) is 7.26. The average Bonchev–Trinajstić information content (AvgIpc) is 2.73. The maximum Gasteiger partial charge on any atom is 0.312 e. The lowest BCUT2D eigenvalue weighted by molar-refractivity contribution is -0.121. The molecule has 8 nitrogen and oxygen atoms in total. The van der Waals surface area contributed by atoms with Gasteiger partial charge in [0, 0.05) is 30.9 Å². The van der Waals surface area contributed by atoms with Crippen LogP contribution in [0.25, 0.3) is 0 Å². The van der Waals surface area contributed by atoms with Crippen molar-refractivity contribution in [2.75, 3.05) is 31.2 Å². The predicted octanol–water partition coefficient (Wildman–Crippen LogP) is 1.99. The van der Waals surface area contributed by atoms with Crippen LogP contribution >= 0.6 is 11.6 Å². The minimum absolute atomic E-state index is 0.0219. The second-order valence-corrected chi connectivity index (χ2v) is 7.09. The monoisotopic (exact) mass is 417 g/mol. The van der Waals surface area contributed by atoms with Gasteiger partial charge in [0.25, 0.3) is 0 Å². The Morgan fingerprint density at radius 2 is 2.00 bits per heavy atom. The lowest BCUT2D eigenvalue weighted by Gasteiger charge is -2.28. The highest BCUT2D eigenvalue weighted by Gasteiger charge is 2.20. The van der Waals surface area contributed by atoms with Crippen molar-refractivity contribution >= 4 is 29.4 Å². The molecular weight excluding hydrogens is 394 g/mol. The molecule has 4 N–H and O–H groups in total. The predicted molar refractivity (Wildman–Crippen MR) is 111 cm³/mol. The summed E-state index contributed by atoms with van der Waals surface area (Å²) in [5.41, 5.74) is 6.84. The van der Waals surface area contributed by atoms with E-state index < -0.39 is 12.1 Å². The first-order chi connectivity index (χ1) is 14.0. The van der Waals surface area contributed by atoms with Gasteiger partial charge in [-0.2, -0.15) is 0 Å². The smallest absolute Gasteiger partial charge is 0.312 e. The Labute approximate surface area is 174 Å². The number of hydrogen-bond acceptors (Lipinski definition) is 5. The molecule has 2 heterocycles. The van der Waals surface area contributed by atoms with E-state index in [0.29, 0.717) is 30.3 Å². The summed E-state index contributed by atoms with van der Waals surface area (Å²) in [7, 11) is 0. The number of nitrogens with two attached hydrogens (primary N) is 1. The van der Waals surface area contributed by atoms with Gasteiger partial charge < -0.3 is 26.0 Å². The number of anilines is 1. The molecule has 1 aliphatic heterocycles. The molecule has 0 saturated carbocycles. The van der Waals surface area contributed by atoms with Gasteiger partial charge in [-0.25, -0.2) is 9.78 Å². The van der Waals surface area contributed by atoms with Crippen LogP contribution in [0.2, 0.25) is 5.02 Å². The first-order valence-electron chi connectivity index (χ1n) is 9.37. The van der Waals surface area contributed by atoms with Crippen LogP contribution in [0.15, 0.2) is 42.6 Å². The fourth-order valence-electron chi connectivity index (χ4n) is 3.16. The van der Waals surface area contributed by atoms with E-state index in [4.69, 9.17) is 22.1 Å². The SMILES string of the molecule is NC(=O)N[C@H](CC(=O)NCc1ccnc(N2CCOCC2)c1)c1ccccc1Cl. The zero-order chi connectivity index (χ0) is 20.6. The molecule has 9 heteroatoms. The van der Waals surface area contributed by atoms with Gasteiger partial charge in [-0.15, -0.1) is 0 Å². The van der Waals surface area contributed by atoms with Crippen molar-refractivity contribution in [1.29, 1.82) is 0 Å². The number of nitrogens with one attached hydrogen (secondary N) is 2. The number of aromatic nitrogens is 1. The number of carbonyl (C=O) groups is 2. The molecule has 3 rings (SSSR count). The fraction of sp³-hybridized carbons (Fsp3) is 0.350. The summed E-state index contributed by atoms with van der Waals surface area (Å²) < 4.78 is 5.36. The van der Waals surface area contributed by atoms with Crippen LogP contribution in [0.5, 0.6) is 0 Å². The third-order valence-electron chi connectivity index (χ3n) is 4.62. The number of urea groups is 1. The molecule has 0 aliphatic carbocycles. The van der Waals surface area contributed by atoms with E-state index in [1.54, 1.807) is 30.5 Å². The molecule has 3 amide bonds. The zero-order valence-electron chi connectivity index (χ0n) is 15.9. The van der Waals surface area contributed by atoms with Crippen LogP contribution in [0, 0.1) is 0 Å². The number of ether oxygens (including phenoxy) is 1. The molecule has 2 aromatic rings. The van der Waals surface area contributed by atoms with E-state index in [1.165, 1.54) is 0 Å². The molecule has 0 spiro atoms. The summed E-state index contributed by atoms with van der Waals surface area (Å²) in [4.78, 5) is 30.4. The topological polar surface area (TPSA) is 110 Å². The summed E-state index contributed by atoms with van der Waals surface area (Å²) >= 11 is 6.21. The Morgan fingerprint density at radius 1 is 1.24 bits per heavy atom. The Bertz CT molecular complexity index is 858. The normalized spacial score (nSPS) is 14.9. The van der Waals surface area contributed by atoms with Crippen molar-refractivity contribution in [3.63, 3.8) is 0 Å². The largest absolute Gasteiger partial charge is 0.378 e. The highest BCUT2D eigenvalue weighted by Crippen LogP contribution is 2.25. The van der Waals surface area contributed by atoms with Crippen molar-refractivity contribution in [2.45, 2.75) is 19.0 Å². The summed E-state index contributed by atoms with van der Waals surface area (Å²) in [6.07, 6.45) is 1.75. The standard InChI is InChI=1S/C20H24ClN5O3/c21-16-4-2-1-3-15(16)17(25-20(22)28)12-19(27)24-13-14-5-6-23-18(11-14)26-7-9-29-10-8-26/h1-6,11,17H,7-10,12-13H2,(H,24,27)(H3,22,25,28)/t17-/m1/s1. The lowest BCUT2D eigenvalue weighted by atomic mass is 10.0. The summed E-state index contributed by atoms with van der Waals surface area (Å²) in [5, 5.41) is 5.92. The number of benzene rings is 1. The zero-order valence-corrected chi connectivity index (χ0v) is 16.7. The van der Waals surface area contributed by atoms with E-state index >= 15 is 0 Å². The maximum absolute atomic E-state index is 12.5. The number of halogens is 1. The number of amides is 3. The molecule has 1 saturated heterocycles. The molecule has 0 unspecified atom stereocenters. The molecular formula is C20H24ClN5O3. The fourth-order valence-corrected chi connectivity index (χ4v) is 3.43. The molecule has 29 heavy (non-hydrogen) atoms. The summed E-state index contributed by atoms with van der Waals surface area (Å²) in [5.74, 6) is 0.637. The van der Waals surface area contributed by atoms with E-state index in [2.05, 4.69) is 20.5 Å². The van der Waals surface area contributed by atoms with E-state index in [9.17, 15) is 9.59 Å². The van der Waals surface area contributed by atoms with Crippen molar-refractivity contribution in [1.82, 2.24) is 15.6 Å². The van der Waals surface area contributed by atoms with Gasteiger partial charge in [-0.1, -0.05) is 29.8 Å². The Morgan fingerprint density at radius 3 is 2.72 bits per heavy atom. The third-order valence-corrected chi connectivity index (χ3v) is 4.97. The Balaban J connectivity index is 1.60. The number of hydrogen-bond donors (Lipinski definition) is 3. The average molecular weight is 418 g/mol. The molecule has 1 aliphatic rings. The van der Waals surface area contributed by atoms with Crippen LogP contribution in [0.4, 0.5) is 10.6 Å². The molecule has 0 radical (unpaired) electrons. The summed E-state index contributed by atoms with van der Waals surface area (Å²) in [6.45, 7) is 3.30. The highest BCUT2D eigenvalue weighted by molar-refractivity contribution is 6.31. The second-order valence-electron chi connectivity index (χ2n) is 6.69. The van der Waals surface area contributed by atoms with Crippen molar-refractivity contribution in [3.8, 4) is 0 Å². The van der Waals surface area contributed by atoms with Gasteiger partial charge in [0.15, 0.2) is 0 Å². The maximum atomic E-state index is 12.5. The van der Waals surface area contributed by atoms with Crippen LogP contribution in [0.1, 0.15) is 23.6 Å². The lowest BCUT2D eigenvalue weighted by Crippen LogP contribution is -2.37. The van der Waals surface area contributed by atoms with Crippen LogP contribution in [0.3, 0.4) is 0 Å². The van der Waals surface area contributed by atoms with Gasteiger partial charge in [-0.3, -0.25) is 4.79 Å². The Hall–Kier alpha value is -2.84. The van der Waals surface area contributed by atoms with Crippen LogP contribution in [-0.2, 0) is 16.1 Å². The van der Waals surface area contributed by atoms with Crippen LogP contribution < -0.4 is 21.3 Å². The first-order valence-corrected chi connectivity index (χ1v) is 9.75. The minimum Gasteiger partial charge on any atom is -0.378 e. The highest BCUT2D eigenvalue weighted by atomic mass is 35.5. The first kappa shape index (κ1) is 20.9. The van der Waals surface area contributed by atoms with Gasteiger partial charge in [0.2, 0.25) is 5.91 Å². The third kappa shape index (κ3) is 6.07. The number of primary amides is 1. The molecule has 1 atom stereocenters. The van der Waals surface area contributed by atoms with Gasteiger partial charge in [0.05, 0.1) is 25.7 Å². The van der Waals surface area contributed by atoms with Crippen molar-refractivity contribution in [3.05, 3.63) is 58.7 Å². The van der Waals surface area contributed by atoms with Crippen LogP contribution in [-0.4, -0.2) is 43.2 Å². The van der Waals surface area contributed by atoms with Gasteiger partial charge in [0.1, 0.15) is 5.82 Å². The molecule has 1 fully saturated rings. The van der Waals surface area contributed by atoms with E-state index in [0.717, 1.165) is 24.5 Å². The second kappa shape index (κ2) is 10.1. The van der Waals surface area contributed by atoms with Crippen molar-refractivity contribution < 1.29 is 14.3 Å². The number of carbonyl (C=O) groups excluding carboxylic acids is 2. The molecule has 0 bridgehead atoms. The minimum atomic E-state index is -0.716. The quantitative estimate of drug-likeness (QED) is 0.638. The molecule has 1 aromatic carbocycles. The number of pyridine rings is 1. The summed E-state index contributed by atoms with van der Waals surface area (Å²) in [6, 6.07) is 9.52. The van der Waals surface area contributed by atoms with E-state index in [-0.39, 0.29) is 12.3 Å². The van der Waals surface area contributed by atoms with Gasteiger partial charge >= 0.3 is 6.03 Å². The molecule has 1 aromatic heterocycles. The van der Waals surface area contributed by atoms with E-state index in [1.807, 2.05) is 12.1 Å². The number of nitrogens with zero attached hydrogens (tertiary/aromatic N) is 2. The number of rotatable bonds is 7. The number of morpholine rings is 1.